The summed E-state index contributed by atoms with van der Waals surface area (Å²) in [4.78, 5) is 23.3. The fourth-order valence-electron chi connectivity index (χ4n) is 1.78. The van der Waals surface area contributed by atoms with Crippen LogP contribution in [0.2, 0.25) is 0 Å². The predicted molar refractivity (Wildman–Crippen MR) is 69.1 cm³/mol. The van der Waals surface area contributed by atoms with Gasteiger partial charge >= 0.3 is 5.97 Å². The van der Waals surface area contributed by atoms with Crippen molar-refractivity contribution in [3.63, 3.8) is 0 Å². The van der Waals surface area contributed by atoms with Gasteiger partial charge in [-0.25, -0.2) is 4.79 Å². The molecule has 1 atom stereocenters. The van der Waals surface area contributed by atoms with Crippen LogP contribution in [-0.2, 0) is 4.79 Å². The Bertz CT molecular complexity index is 477. The Kier molecular flexibility index (Phi) is 4.69. The Balaban J connectivity index is 3.01. The van der Waals surface area contributed by atoms with Crippen LogP contribution >= 0.6 is 0 Å². The molecule has 6 nitrogen and oxygen atoms in total. The number of hydrogen-bond donors (Lipinski definition) is 2. The molecule has 0 aliphatic rings. The van der Waals surface area contributed by atoms with Gasteiger partial charge in [0.15, 0.2) is 5.76 Å². The first-order valence-electron chi connectivity index (χ1n) is 6.25. The highest BCUT2D eigenvalue weighted by molar-refractivity contribution is 5.98. The van der Waals surface area contributed by atoms with Crippen LogP contribution in [0.5, 0.6) is 0 Å². The maximum atomic E-state index is 12.2. The average Bonchev–Trinajstić information content (AvgIpc) is 2.66. The van der Waals surface area contributed by atoms with Crippen molar-refractivity contribution in [2.45, 2.75) is 46.6 Å². The Morgan fingerprint density at radius 3 is 2.26 bits per heavy atom. The molecule has 106 valence electrons. The fraction of sp³-hybridized carbons (Fsp3) is 0.615. The van der Waals surface area contributed by atoms with Crippen molar-refractivity contribution in [1.29, 1.82) is 0 Å². The molecular formula is C13H20N2O4. The largest absolute Gasteiger partial charge is 0.480 e. The van der Waals surface area contributed by atoms with E-state index in [0.717, 1.165) is 0 Å². The van der Waals surface area contributed by atoms with Gasteiger partial charge in [-0.15, -0.1) is 0 Å². The quantitative estimate of drug-likeness (QED) is 0.851. The summed E-state index contributed by atoms with van der Waals surface area (Å²) in [5.74, 6) is -1.23. The van der Waals surface area contributed by atoms with Gasteiger partial charge in [-0.1, -0.05) is 32.9 Å². The number of aryl methyl sites for hydroxylation is 1. The van der Waals surface area contributed by atoms with Crippen LogP contribution in [-0.4, -0.2) is 28.2 Å². The van der Waals surface area contributed by atoms with E-state index in [2.05, 4.69) is 10.5 Å². The molecule has 0 aliphatic heterocycles. The smallest absolute Gasteiger partial charge is 0.326 e. The number of carboxylic acid groups (broad SMARTS) is 1. The Labute approximate surface area is 112 Å². The lowest BCUT2D eigenvalue weighted by Gasteiger charge is -2.18. The van der Waals surface area contributed by atoms with E-state index in [4.69, 9.17) is 9.63 Å². The number of aliphatic carboxylic acids is 1. The molecule has 6 heteroatoms. The van der Waals surface area contributed by atoms with E-state index in [1.807, 2.05) is 13.8 Å². The van der Waals surface area contributed by atoms with Crippen LogP contribution in [0.4, 0.5) is 0 Å². The van der Waals surface area contributed by atoms with Gasteiger partial charge in [0.2, 0.25) is 0 Å². The van der Waals surface area contributed by atoms with Crippen molar-refractivity contribution >= 4 is 11.9 Å². The first kappa shape index (κ1) is 15.2. The number of hydrogen-bond acceptors (Lipinski definition) is 4. The van der Waals surface area contributed by atoms with E-state index in [1.54, 1.807) is 20.8 Å². The molecule has 1 aromatic rings. The second-order valence-corrected chi connectivity index (χ2v) is 5.20. The van der Waals surface area contributed by atoms with Crippen LogP contribution in [0, 0.1) is 12.8 Å². The molecule has 0 saturated carbocycles. The minimum absolute atomic E-state index is 0.00396. The molecule has 1 heterocycles. The van der Waals surface area contributed by atoms with Crippen molar-refractivity contribution in [3.05, 3.63) is 17.0 Å². The fourth-order valence-corrected chi connectivity index (χ4v) is 1.78. The van der Waals surface area contributed by atoms with Crippen molar-refractivity contribution < 1.29 is 19.2 Å². The molecule has 1 rings (SSSR count). The number of carboxylic acids is 1. The molecule has 0 fully saturated rings. The topological polar surface area (TPSA) is 92.4 Å². The first-order chi connectivity index (χ1) is 8.75. The number of nitrogens with zero attached hydrogens (tertiary/aromatic N) is 1. The van der Waals surface area contributed by atoms with Crippen LogP contribution < -0.4 is 5.32 Å². The third kappa shape index (κ3) is 3.33. The van der Waals surface area contributed by atoms with E-state index < -0.39 is 17.9 Å². The summed E-state index contributed by atoms with van der Waals surface area (Å²) in [6.45, 7) is 8.91. The van der Waals surface area contributed by atoms with Gasteiger partial charge in [0.05, 0.1) is 5.69 Å². The van der Waals surface area contributed by atoms with Gasteiger partial charge < -0.3 is 14.9 Å². The summed E-state index contributed by atoms with van der Waals surface area (Å²) in [5.41, 5.74) is 0.802. The molecule has 0 saturated heterocycles. The van der Waals surface area contributed by atoms with Crippen molar-refractivity contribution in [2.75, 3.05) is 0 Å². The van der Waals surface area contributed by atoms with E-state index in [9.17, 15) is 9.59 Å². The second kappa shape index (κ2) is 5.86. The second-order valence-electron chi connectivity index (χ2n) is 5.20. The molecule has 0 spiro atoms. The van der Waals surface area contributed by atoms with Gasteiger partial charge in [-0.2, -0.15) is 0 Å². The van der Waals surface area contributed by atoms with Crippen LogP contribution in [0.25, 0.3) is 0 Å². The number of nitrogens with one attached hydrogen (secondary N) is 1. The minimum Gasteiger partial charge on any atom is -0.480 e. The molecule has 0 aliphatic carbocycles. The number of aromatic nitrogens is 1. The summed E-state index contributed by atoms with van der Waals surface area (Å²) >= 11 is 0. The summed E-state index contributed by atoms with van der Waals surface area (Å²) < 4.78 is 5.12. The third-order valence-corrected chi connectivity index (χ3v) is 2.86. The summed E-state index contributed by atoms with van der Waals surface area (Å²) in [7, 11) is 0. The van der Waals surface area contributed by atoms with Gasteiger partial charge in [0, 0.05) is 5.92 Å². The summed E-state index contributed by atoms with van der Waals surface area (Å²) in [6.07, 6.45) is 0. The number of rotatable bonds is 5. The van der Waals surface area contributed by atoms with E-state index in [-0.39, 0.29) is 11.8 Å². The van der Waals surface area contributed by atoms with Gasteiger partial charge in [-0.3, -0.25) is 4.79 Å². The summed E-state index contributed by atoms with van der Waals surface area (Å²) in [6, 6.07) is -0.929. The number of carbonyl (C=O) groups excluding carboxylic acids is 1. The van der Waals surface area contributed by atoms with Crippen molar-refractivity contribution in [3.8, 4) is 0 Å². The zero-order valence-electron chi connectivity index (χ0n) is 11.9. The monoisotopic (exact) mass is 268 g/mol. The normalized spacial score (nSPS) is 12.8. The lowest BCUT2D eigenvalue weighted by molar-refractivity contribution is -0.140. The SMILES string of the molecule is Cc1noc(C(C)C)c1C(=O)N[C@H](C(=O)O)C(C)C. The molecule has 2 N–H and O–H groups in total. The molecule has 19 heavy (non-hydrogen) atoms. The van der Waals surface area contributed by atoms with Gasteiger partial charge in [-0.05, 0) is 12.8 Å². The standard InChI is InChI=1S/C13H20N2O4/c1-6(2)10(13(17)18)14-12(16)9-8(5)15-19-11(9)7(3)4/h6-7,10H,1-5H3,(H,14,16)(H,17,18)/t10-/m0/s1. The Hall–Kier alpha value is -1.85. The first-order valence-corrected chi connectivity index (χ1v) is 6.25. The highest BCUT2D eigenvalue weighted by Crippen LogP contribution is 2.22. The van der Waals surface area contributed by atoms with Gasteiger partial charge in [0.25, 0.3) is 5.91 Å². The van der Waals surface area contributed by atoms with Crippen LogP contribution in [0.15, 0.2) is 4.52 Å². The Morgan fingerprint density at radius 2 is 1.84 bits per heavy atom. The molecule has 1 aromatic heterocycles. The molecule has 0 radical (unpaired) electrons. The maximum absolute atomic E-state index is 12.2. The lowest BCUT2D eigenvalue weighted by Crippen LogP contribution is -2.44. The zero-order valence-corrected chi connectivity index (χ0v) is 11.9. The highest BCUT2D eigenvalue weighted by Gasteiger charge is 2.28. The average molecular weight is 268 g/mol. The summed E-state index contributed by atoms with van der Waals surface area (Å²) in [5, 5.41) is 15.4. The van der Waals surface area contributed by atoms with E-state index >= 15 is 0 Å². The van der Waals surface area contributed by atoms with Crippen LogP contribution in [0.3, 0.4) is 0 Å². The Morgan fingerprint density at radius 1 is 1.26 bits per heavy atom. The molecule has 0 unspecified atom stereocenters. The van der Waals surface area contributed by atoms with Crippen molar-refractivity contribution in [1.82, 2.24) is 10.5 Å². The van der Waals surface area contributed by atoms with Gasteiger partial charge in [0.1, 0.15) is 11.6 Å². The molecule has 0 bridgehead atoms. The third-order valence-electron chi connectivity index (χ3n) is 2.86. The molecular weight excluding hydrogens is 248 g/mol. The molecule has 1 amide bonds. The lowest BCUT2D eigenvalue weighted by atomic mass is 10.0. The van der Waals surface area contributed by atoms with Crippen molar-refractivity contribution in [2.24, 2.45) is 5.92 Å². The van der Waals surface area contributed by atoms with Crippen LogP contribution in [0.1, 0.15) is 55.4 Å². The zero-order chi connectivity index (χ0) is 14.7. The molecule has 0 aromatic carbocycles. The predicted octanol–water partition coefficient (Wildman–Crippen LogP) is 1.95. The van der Waals surface area contributed by atoms with E-state index in [0.29, 0.717) is 17.0 Å². The van der Waals surface area contributed by atoms with E-state index in [1.165, 1.54) is 0 Å². The maximum Gasteiger partial charge on any atom is 0.326 e. The number of amides is 1. The highest BCUT2D eigenvalue weighted by atomic mass is 16.5. The number of carbonyl (C=O) groups is 2. The minimum atomic E-state index is -1.05.